The smallest absolute Gasteiger partial charge is 0.342 e. The van der Waals surface area contributed by atoms with E-state index in [-0.39, 0.29) is 41.0 Å². The monoisotopic (exact) mass is 429 g/mol. The van der Waals surface area contributed by atoms with Crippen LogP contribution in [0.25, 0.3) is 11.0 Å². The fraction of sp³-hybridized carbons (Fsp3) is 0.333. The second-order valence-corrected chi connectivity index (χ2v) is 7.52. The van der Waals surface area contributed by atoms with E-state index in [0.29, 0.717) is 11.9 Å². The molecule has 0 saturated heterocycles. The molecule has 1 atom stereocenters. The summed E-state index contributed by atoms with van der Waals surface area (Å²) in [4.78, 5) is 24.7. The topological polar surface area (TPSA) is 143 Å². The average Bonchev–Trinajstić information content (AvgIpc) is 2.72. The fourth-order valence-corrected chi connectivity index (χ4v) is 3.11. The molecule has 2 aromatic heterocycles. The number of fused-ring (bicyclic) bond motifs is 1. The number of aromatic hydroxyl groups is 2. The first-order valence-corrected chi connectivity index (χ1v) is 9.77. The van der Waals surface area contributed by atoms with Gasteiger partial charge in [-0.2, -0.15) is 4.98 Å². The number of esters is 1. The molecule has 164 valence electrons. The molecule has 10 heteroatoms. The number of phenols is 2. The number of nitrogen functional groups attached to an aromatic ring is 1. The van der Waals surface area contributed by atoms with Crippen molar-refractivity contribution in [1.29, 1.82) is 0 Å². The van der Waals surface area contributed by atoms with Crippen molar-refractivity contribution < 1.29 is 24.1 Å². The number of halogens is 1. The molecule has 0 saturated carbocycles. The van der Waals surface area contributed by atoms with Gasteiger partial charge < -0.3 is 26.0 Å². The lowest BCUT2D eigenvalue weighted by molar-refractivity contribution is 0.0424. The number of ether oxygens (including phenoxy) is 1. The number of nitrogens with one attached hydrogen (secondary N) is 1. The molecule has 9 nitrogen and oxygen atoms in total. The molecule has 1 unspecified atom stereocenters. The van der Waals surface area contributed by atoms with Gasteiger partial charge >= 0.3 is 5.97 Å². The Labute approximate surface area is 178 Å². The summed E-state index contributed by atoms with van der Waals surface area (Å²) in [5, 5.41) is 22.7. The summed E-state index contributed by atoms with van der Waals surface area (Å²) in [6.07, 6.45) is 3.38. The summed E-state index contributed by atoms with van der Waals surface area (Å²) in [5.74, 6) is -1.57. The minimum Gasteiger partial charge on any atom is -0.508 e. The van der Waals surface area contributed by atoms with Gasteiger partial charge in [0.25, 0.3) is 0 Å². The number of rotatable bonds is 8. The molecule has 0 fully saturated rings. The first kappa shape index (κ1) is 22.0. The van der Waals surface area contributed by atoms with Crippen LogP contribution in [0.4, 0.5) is 16.2 Å². The van der Waals surface area contributed by atoms with Gasteiger partial charge in [-0.25, -0.2) is 19.2 Å². The van der Waals surface area contributed by atoms with Gasteiger partial charge in [-0.05, 0) is 31.5 Å². The lowest BCUT2D eigenvalue weighted by Crippen LogP contribution is -2.41. The zero-order valence-corrected chi connectivity index (χ0v) is 17.2. The number of pyridine rings is 1. The summed E-state index contributed by atoms with van der Waals surface area (Å²) in [5.41, 5.74) is 5.42. The first-order valence-electron chi connectivity index (χ1n) is 9.77. The zero-order valence-electron chi connectivity index (χ0n) is 17.2. The lowest BCUT2D eigenvalue weighted by Gasteiger charge is -2.31. The van der Waals surface area contributed by atoms with Crippen LogP contribution in [-0.2, 0) is 4.74 Å². The molecule has 0 amide bonds. The molecule has 2 heterocycles. The Balaban J connectivity index is 1.86. The Kier molecular flexibility index (Phi) is 6.38. The maximum Gasteiger partial charge on any atom is 0.342 e. The van der Waals surface area contributed by atoms with Crippen LogP contribution >= 0.6 is 0 Å². The average molecular weight is 429 g/mol. The van der Waals surface area contributed by atoms with Crippen LogP contribution in [0, 0.1) is 5.82 Å². The third-order valence-electron chi connectivity index (χ3n) is 4.74. The number of carbonyl (C=O) groups excluding carboxylic acids is 1. The standard InChI is InChI=1S/C21H24FN5O4/c1-3-4-7-21(2,11-31-19(30)14-9-13(28)5-6-16(14)29)27-18-17-15(25-20(23)26-18)8-12(22)10-24-17/h5-6,8-10,28-29H,3-4,7,11H2,1-2H3,(H3,23,25,26,27). The van der Waals surface area contributed by atoms with Crippen LogP contribution in [0.1, 0.15) is 43.5 Å². The normalized spacial score (nSPS) is 13.0. The third kappa shape index (κ3) is 5.27. The molecule has 0 spiro atoms. The minimum absolute atomic E-state index is 0.0538. The van der Waals surface area contributed by atoms with Crippen molar-refractivity contribution in [1.82, 2.24) is 15.0 Å². The second kappa shape index (κ2) is 8.99. The van der Waals surface area contributed by atoms with Crippen molar-refractivity contribution in [2.24, 2.45) is 0 Å². The molecular formula is C21H24FN5O4. The van der Waals surface area contributed by atoms with E-state index in [1.165, 1.54) is 18.2 Å². The molecule has 0 aliphatic heterocycles. The van der Waals surface area contributed by atoms with Crippen molar-refractivity contribution in [2.75, 3.05) is 17.7 Å². The van der Waals surface area contributed by atoms with Gasteiger partial charge in [0, 0.05) is 6.07 Å². The molecule has 0 radical (unpaired) electrons. The van der Waals surface area contributed by atoms with E-state index in [9.17, 15) is 19.4 Å². The van der Waals surface area contributed by atoms with E-state index in [1.54, 1.807) is 0 Å². The summed E-state index contributed by atoms with van der Waals surface area (Å²) < 4.78 is 19.0. The Hall–Kier alpha value is -3.69. The van der Waals surface area contributed by atoms with Crippen LogP contribution < -0.4 is 11.1 Å². The number of nitrogens with zero attached hydrogens (tertiary/aromatic N) is 3. The summed E-state index contributed by atoms with van der Waals surface area (Å²) in [7, 11) is 0. The Morgan fingerprint density at radius 3 is 2.81 bits per heavy atom. The highest BCUT2D eigenvalue weighted by Gasteiger charge is 2.28. The van der Waals surface area contributed by atoms with Crippen LogP contribution in [0.2, 0.25) is 0 Å². The van der Waals surface area contributed by atoms with Crippen molar-refractivity contribution in [2.45, 2.75) is 38.6 Å². The molecule has 3 aromatic rings. The summed E-state index contributed by atoms with van der Waals surface area (Å²) in [6, 6.07) is 4.81. The number of hydrogen-bond donors (Lipinski definition) is 4. The van der Waals surface area contributed by atoms with E-state index in [0.717, 1.165) is 25.1 Å². The van der Waals surface area contributed by atoms with E-state index < -0.39 is 17.3 Å². The lowest BCUT2D eigenvalue weighted by atomic mass is 9.95. The van der Waals surface area contributed by atoms with E-state index >= 15 is 0 Å². The number of carbonyl (C=O) groups is 1. The molecule has 5 N–H and O–H groups in total. The maximum atomic E-state index is 13.6. The molecular weight excluding hydrogens is 405 g/mol. The quantitative estimate of drug-likeness (QED) is 0.313. The predicted molar refractivity (Wildman–Crippen MR) is 113 cm³/mol. The van der Waals surface area contributed by atoms with E-state index in [4.69, 9.17) is 10.5 Å². The Morgan fingerprint density at radius 1 is 1.29 bits per heavy atom. The van der Waals surface area contributed by atoms with Gasteiger partial charge in [-0.1, -0.05) is 19.8 Å². The molecule has 3 rings (SSSR count). The maximum absolute atomic E-state index is 13.6. The number of unbranched alkanes of at least 4 members (excludes halogenated alkanes) is 1. The molecule has 31 heavy (non-hydrogen) atoms. The molecule has 0 aliphatic rings. The van der Waals surface area contributed by atoms with Gasteiger partial charge in [-0.15, -0.1) is 0 Å². The summed E-state index contributed by atoms with van der Waals surface area (Å²) in [6.45, 7) is 3.79. The number of benzene rings is 1. The van der Waals surface area contributed by atoms with Crippen LogP contribution in [-0.4, -0.2) is 43.3 Å². The largest absolute Gasteiger partial charge is 0.508 e. The van der Waals surface area contributed by atoms with Gasteiger partial charge in [0.1, 0.15) is 35.0 Å². The number of nitrogens with two attached hydrogens (primary N) is 1. The Bertz CT molecular complexity index is 1110. The van der Waals surface area contributed by atoms with E-state index in [2.05, 4.69) is 20.3 Å². The molecule has 1 aromatic carbocycles. The van der Waals surface area contributed by atoms with Gasteiger partial charge in [-0.3, -0.25) is 0 Å². The predicted octanol–water partition coefficient (Wildman–Crippen LogP) is 3.38. The number of hydrogen-bond acceptors (Lipinski definition) is 9. The van der Waals surface area contributed by atoms with Crippen molar-refractivity contribution in [3.05, 3.63) is 41.8 Å². The minimum atomic E-state index is -0.787. The van der Waals surface area contributed by atoms with Crippen molar-refractivity contribution >= 4 is 28.8 Å². The highest BCUT2D eigenvalue weighted by atomic mass is 19.1. The first-order chi connectivity index (χ1) is 14.7. The Morgan fingerprint density at radius 2 is 2.06 bits per heavy atom. The highest BCUT2D eigenvalue weighted by molar-refractivity contribution is 5.93. The SMILES string of the molecule is CCCCC(C)(COC(=O)c1cc(O)ccc1O)Nc1nc(N)nc2cc(F)cnc12. The van der Waals surface area contributed by atoms with Crippen molar-refractivity contribution in [3.8, 4) is 11.5 Å². The number of anilines is 2. The van der Waals surface area contributed by atoms with Crippen LogP contribution in [0.5, 0.6) is 11.5 Å². The van der Waals surface area contributed by atoms with Crippen LogP contribution in [0.3, 0.4) is 0 Å². The highest BCUT2D eigenvalue weighted by Crippen LogP contribution is 2.27. The summed E-state index contributed by atoms with van der Waals surface area (Å²) >= 11 is 0. The fourth-order valence-electron chi connectivity index (χ4n) is 3.11. The van der Waals surface area contributed by atoms with Gasteiger partial charge in [0.2, 0.25) is 5.95 Å². The van der Waals surface area contributed by atoms with Gasteiger partial charge in [0.15, 0.2) is 5.82 Å². The molecule has 0 bridgehead atoms. The van der Waals surface area contributed by atoms with Gasteiger partial charge in [0.05, 0.1) is 17.3 Å². The molecule has 0 aliphatic carbocycles. The van der Waals surface area contributed by atoms with E-state index in [1.807, 2.05) is 13.8 Å². The van der Waals surface area contributed by atoms with Crippen molar-refractivity contribution in [3.63, 3.8) is 0 Å². The third-order valence-corrected chi connectivity index (χ3v) is 4.74. The van der Waals surface area contributed by atoms with Crippen LogP contribution in [0.15, 0.2) is 30.5 Å². The number of aromatic nitrogens is 3. The second-order valence-electron chi connectivity index (χ2n) is 7.52. The zero-order chi connectivity index (χ0) is 22.6. The number of phenolic OH excluding ortho intramolecular Hbond substituents is 2.